The Morgan fingerprint density at radius 3 is 2.83 bits per heavy atom. The van der Waals surface area contributed by atoms with E-state index in [2.05, 4.69) is 38.3 Å². The highest BCUT2D eigenvalue weighted by Gasteiger charge is 2.16. The van der Waals surface area contributed by atoms with Crippen LogP contribution in [0, 0.1) is 0 Å². The van der Waals surface area contributed by atoms with Gasteiger partial charge in [-0.15, -0.1) is 5.10 Å². The molecule has 0 atom stereocenters. The number of fused-ring (bicyclic) bond motifs is 2. The van der Waals surface area contributed by atoms with Crippen molar-refractivity contribution in [2.75, 3.05) is 13.6 Å². The number of nitrogens with zero attached hydrogens (tertiary/aromatic N) is 6. The van der Waals surface area contributed by atoms with E-state index in [1.165, 1.54) is 11.1 Å². The number of Topliss-reactive ketones (excluding diaryl/α,β-unsaturated/α-hetero) is 1. The van der Waals surface area contributed by atoms with E-state index in [0.29, 0.717) is 5.82 Å². The van der Waals surface area contributed by atoms with Crippen molar-refractivity contribution in [3.63, 3.8) is 0 Å². The van der Waals surface area contributed by atoms with E-state index in [9.17, 15) is 4.79 Å². The maximum Gasteiger partial charge on any atom is 0.170 e. The van der Waals surface area contributed by atoms with Gasteiger partial charge in [0.1, 0.15) is 11.5 Å². The molecule has 3 heterocycles. The molecule has 0 unspecified atom stereocenters. The molecule has 1 aliphatic heterocycles. The standard InChI is InChI=1S/C23H22N6O/c1-28-8-7-15-9-17(4-6-19(15)13-28)22(30)11-23-24-12-18-5-3-16(10-20(18)25-23)21-14-29(2)27-26-21/h3-6,9-10,12,14H,7-8,11,13H2,1-2H3. The first-order valence-electron chi connectivity index (χ1n) is 10.0. The molecule has 7 heteroatoms. The average Bonchev–Trinajstić information content (AvgIpc) is 3.19. The van der Waals surface area contributed by atoms with Gasteiger partial charge in [-0.05, 0) is 36.7 Å². The molecule has 0 radical (unpaired) electrons. The number of aryl methyl sites for hydroxylation is 1. The molecule has 0 aliphatic carbocycles. The van der Waals surface area contributed by atoms with Crippen LogP contribution in [0.1, 0.15) is 27.3 Å². The Morgan fingerprint density at radius 2 is 2.00 bits per heavy atom. The number of carbonyl (C=O) groups excluding carboxylic acids is 1. The van der Waals surface area contributed by atoms with Gasteiger partial charge in [-0.1, -0.05) is 29.5 Å². The second-order valence-electron chi connectivity index (χ2n) is 7.91. The van der Waals surface area contributed by atoms with Crippen LogP contribution in [0.3, 0.4) is 0 Å². The minimum absolute atomic E-state index is 0.0427. The summed E-state index contributed by atoms with van der Waals surface area (Å²) in [5, 5.41) is 9.07. The summed E-state index contributed by atoms with van der Waals surface area (Å²) in [7, 11) is 3.96. The molecule has 2 aromatic heterocycles. The zero-order valence-corrected chi connectivity index (χ0v) is 17.0. The smallest absolute Gasteiger partial charge is 0.170 e. The Labute approximate surface area is 174 Å². The van der Waals surface area contributed by atoms with Crippen molar-refractivity contribution in [3.8, 4) is 11.3 Å². The van der Waals surface area contributed by atoms with Crippen molar-refractivity contribution >= 4 is 16.7 Å². The molecule has 5 rings (SSSR count). The number of carbonyl (C=O) groups is 1. The number of benzene rings is 2. The van der Waals surface area contributed by atoms with E-state index < -0.39 is 0 Å². The highest BCUT2D eigenvalue weighted by molar-refractivity contribution is 5.97. The molecule has 0 spiro atoms. The molecule has 30 heavy (non-hydrogen) atoms. The molecule has 0 fully saturated rings. The second-order valence-corrected chi connectivity index (χ2v) is 7.91. The lowest BCUT2D eigenvalue weighted by atomic mass is 9.95. The van der Waals surface area contributed by atoms with Gasteiger partial charge in [0.05, 0.1) is 18.1 Å². The molecular formula is C23H22N6O. The zero-order valence-electron chi connectivity index (χ0n) is 17.0. The van der Waals surface area contributed by atoms with E-state index in [1.807, 2.05) is 43.6 Å². The van der Waals surface area contributed by atoms with Gasteiger partial charge in [-0.2, -0.15) is 0 Å². The molecule has 7 nitrogen and oxygen atoms in total. The summed E-state index contributed by atoms with van der Waals surface area (Å²) in [5.41, 5.74) is 5.83. The molecule has 0 amide bonds. The Kier molecular flexibility index (Phi) is 4.59. The average molecular weight is 398 g/mol. The third-order valence-corrected chi connectivity index (χ3v) is 5.58. The Bertz CT molecular complexity index is 1260. The van der Waals surface area contributed by atoms with Crippen molar-refractivity contribution < 1.29 is 4.79 Å². The summed E-state index contributed by atoms with van der Waals surface area (Å²) in [4.78, 5) is 24.2. The van der Waals surface area contributed by atoms with E-state index in [-0.39, 0.29) is 12.2 Å². The van der Waals surface area contributed by atoms with Crippen LogP contribution in [0.25, 0.3) is 22.2 Å². The molecule has 0 saturated carbocycles. The van der Waals surface area contributed by atoms with Crippen molar-refractivity contribution in [1.82, 2.24) is 29.9 Å². The Morgan fingerprint density at radius 1 is 1.10 bits per heavy atom. The number of rotatable bonds is 4. The SMILES string of the molecule is CN1CCc2cc(C(=O)Cc3ncc4ccc(-c5cn(C)nn5)cc4n3)ccc2C1. The highest BCUT2D eigenvalue weighted by Crippen LogP contribution is 2.22. The molecule has 1 aliphatic rings. The molecule has 0 N–H and O–H groups in total. The van der Waals surface area contributed by atoms with Gasteiger partial charge in [0.15, 0.2) is 5.78 Å². The normalized spacial score (nSPS) is 14.1. The van der Waals surface area contributed by atoms with Crippen LogP contribution in [-0.4, -0.2) is 49.2 Å². The fourth-order valence-corrected chi connectivity index (χ4v) is 3.90. The molecule has 2 aromatic carbocycles. The van der Waals surface area contributed by atoms with E-state index >= 15 is 0 Å². The number of ketones is 1. The highest BCUT2D eigenvalue weighted by atomic mass is 16.1. The molecular weight excluding hydrogens is 376 g/mol. The maximum atomic E-state index is 12.9. The van der Waals surface area contributed by atoms with Crippen LogP contribution in [-0.2, 0) is 26.4 Å². The summed E-state index contributed by atoms with van der Waals surface area (Å²) in [6.45, 7) is 1.96. The van der Waals surface area contributed by atoms with Crippen molar-refractivity contribution in [1.29, 1.82) is 0 Å². The third-order valence-electron chi connectivity index (χ3n) is 5.58. The minimum atomic E-state index is 0.0427. The number of hydrogen-bond donors (Lipinski definition) is 0. The van der Waals surface area contributed by atoms with E-state index in [1.54, 1.807) is 10.9 Å². The first-order valence-corrected chi connectivity index (χ1v) is 10.0. The first-order chi connectivity index (χ1) is 14.5. The number of likely N-dealkylation sites (N-methyl/N-ethyl adjacent to an activating group) is 1. The predicted octanol–water partition coefficient (Wildman–Crippen LogP) is 2.84. The summed E-state index contributed by atoms with van der Waals surface area (Å²) in [6, 6.07) is 11.9. The minimum Gasteiger partial charge on any atom is -0.302 e. The number of aromatic nitrogens is 5. The summed E-state index contributed by atoms with van der Waals surface area (Å²) < 4.78 is 1.67. The van der Waals surface area contributed by atoms with Crippen LogP contribution < -0.4 is 0 Å². The van der Waals surface area contributed by atoms with Crippen molar-refractivity contribution in [2.45, 2.75) is 19.4 Å². The Hall–Kier alpha value is -3.45. The van der Waals surface area contributed by atoms with Gasteiger partial charge < -0.3 is 4.90 Å². The van der Waals surface area contributed by atoms with Gasteiger partial charge in [0, 0.05) is 42.8 Å². The lowest BCUT2D eigenvalue weighted by Crippen LogP contribution is -2.26. The van der Waals surface area contributed by atoms with Crippen LogP contribution in [0.4, 0.5) is 0 Å². The van der Waals surface area contributed by atoms with Gasteiger partial charge in [-0.25, -0.2) is 9.97 Å². The molecule has 150 valence electrons. The lowest BCUT2D eigenvalue weighted by molar-refractivity contribution is 0.0990. The summed E-state index contributed by atoms with van der Waals surface area (Å²) in [6.07, 6.45) is 4.79. The monoisotopic (exact) mass is 398 g/mol. The second kappa shape index (κ2) is 7.42. The van der Waals surface area contributed by atoms with Gasteiger partial charge in [0.25, 0.3) is 0 Å². The molecule has 0 saturated heterocycles. The number of hydrogen-bond acceptors (Lipinski definition) is 6. The summed E-state index contributed by atoms with van der Waals surface area (Å²) in [5.74, 6) is 0.572. The molecule has 4 aromatic rings. The van der Waals surface area contributed by atoms with E-state index in [4.69, 9.17) is 0 Å². The van der Waals surface area contributed by atoms with Crippen LogP contribution in [0.5, 0.6) is 0 Å². The largest absolute Gasteiger partial charge is 0.302 e. The maximum absolute atomic E-state index is 12.9. The predicted molar refractivity (Wildman–Crippen MR) is 114 cm³/mol. The van der Waals surface area contributed by atoms with Crippen LogP contribution >= 0.6 is 0 Å². The Balaban J connectivity index is 1.40. The van der Waals surface area contributed by atoms with Gasteiger partial charge >= 0.3 is 0 Å². The fraction of sp³-hybridized carbons (Fsp3) is 0.261. The topological polar surface area (TPSA) is 76.8 Å². The first kappa shape index (κ1) is 18.6. The quantitative estimate of drug-likeness (QED) is 0.492. The fourth-order valence-electron chi connectivity index (χ4n) is 3.90. The summed E-state index contributed by atoms with van der Waals surface area (Å²) >= 11 is 0. The lowest BCUT2D eigenvalue weighted by Gasteiger charge is -2.25. The van der Waals surface area contributed by atoms with Crippen LogP contribution in [0.15, 0.2) is 48.8 Å². The third kappa shape index (κ3) is 3.59. The van der Waals surface area contributed by atoms with Crippen molar-refractivity contribution in [3.05, 3.63) is 71.3 Å². The van der Waals surface area contributed by atoms with Gasteiger partial charge in [-0.3, -0.25) is 9.48 Å². The van der Waals surface area contributed by atoms with Crippen LogP contribution in [0.2, 0.25) is 0 Å². The van der Waals surface area contributed by atoms with Gasteiger partial charge in [0.2, 0.25) is 0 Å². The van der Waals surface area contributed by atoms with Crippen molar-refractivity contribution in [2.24, 2.45) is 7.05 Å². The molecule has 0 bridgehead atoms. The zero-order chi connectivity index (χ0) is 20.7. The van der Waals surface area contributed by atoms with E-state index in [0.717, 1.165) is 47.2 Å².